The van der Waals surface area contributed by atoms with Crippen LogP contribution in [-0.4, -0.2) is 37.0 Å². The molecule has 1 N–H and O–H groups in total. The number of amides is 2. The molecule has 2 aliphatic rings. The molecule has 3 heterocycles. The van der Waals surface area contributed by atoms with Crippen LogP contribution in [0.5, 0.6) is 0 Å². The Morgan fingerprint density at radius 2 is 2.13 bits per heavy atom. The number of nitrogens with one attached hydrogen (secondary N) is 1. The quantitative estimate of drug-likeness (QED) is 0.671. The zero-order chi connectivity index (χ0) is 21.0. The topological polar surface area (TPSA) is 89.1 Å². The summed E-state index contributed by atoms with van der Waals surface area (Å²) < 4.78 is 7.48. The number of aryl methyl sites for hydroxylation is 2. The highest BCUT2D eigenvalue weighted by atomic mass is 35.5. The molecule has 156 valence electrons. The van der Waals surface area contributed by atoms with Crippen molar-refractivity contribution in [2.45, 2.75) is 44.7 Å². The van der Waals surface area contributed by atoms with E-state index in [4.69, 9.17) is 16.0 Å². The predicted octanol–water partition coefficient (Wildman–Crippen LogP) is 4.36. The fraction of sp³-hybridized carbons (Fsp3) is 0.429. The van der Waals surface area contributed by atoms with Crippen LogP contribution < -0.4 is 5.32 Å². The molecule has 30 heavy (non-hydrogen) atoms. The first-order chi connectivity index (χ1) is 14.4. The Balaban J connectivity index is 1.43. The predicted molar refractivity (Wildman–Crippen MR) is 112 cm³/mol. The lowest BCUT2D eigenvalue weighted by Crippen LogP contribution is -2.70. The number of halogens is 1. The minimum absolute atomic E-state index is 0.164. The van der Waals surface area contributed by atoms with Crippen LogP contribution in [0.15, 0.2) is 34.9 Å². The minimum Gasteiger partial charge on any atom is -0.423 e. The van der Waals surface area contributed by atoms with Crippen molar-refractivity contribution in [1.29, 1.82) is 0 Å². The third-order valence-electron chi connectivity index (χ3n) is 6.11. The zero-order valence-corrected chi connectivity index (χ0v) is 17.8. The molecule has 1 saturated heterocycles. The smallest absolute Gasteiger partial charge is 0.323 e. The van der Waals surface area contributed by atoms with Crippen molar-refractivity contribution in [3.63, 3.8) is 0 Å². The molecule has 2 amide bonds. The van der Waals surface area contributed by atoms with E-state index in [9.17, 15) is 4.79 Å². The number of nitrogens with zero attached hydrogens (tertiary/aromatic N) is 5. The molecule has 9 heteroatoms. The molecule has 2 aromatic heterocycles. The Bertz CT molecular complexity index is 1120. The molecule has 3 aromatic rings. The lowest BCUT2D eigenvalue weighted by atomic mass is 9.64. The van der Waals surface area contributed by atoms with Crippen LogP contribution in [0, 0.1) is 12.8 Å². The average molecular weight is 427 g/mol. The lowest BCUT2D eigenvalue weighted by molar-refractivity contribution is -0.110. The van der Waals surface area contributed by atoms with E-state index >= 15 is 0 Å². The largest absolute Gasteiger partial charge is 0.423 e. The fourth-order valence-electron chi connectivity index (χ4n) is 4.98. The van der Waals surface area contributed by atoms with E-state index in [1.165, 1.54) is 0 Å². The van der Waals surface area contributed by atoms with E-state index in [0.29, 0.717) is 28.4 Å². The van der Waals surface area contributed by atoms with E-state index in [1.807, 2.05) is 30.3 Å². The number of aromatic nitrogens is 4. The number of carbonyl (C=O) groups is 1. The summed E-state index contributed by atoms with van der Waals surface area (Å²) in [6.07, 6.45) is 4.50. The van der Waals surface area contributed by atoms with Gasteiger partial charge in [0, 0.05) is 43.9 Å². The summed E-state index contributed by atoms with van der Waals surface area (Å²) in [6.45, 7) is 3.98. The number of likely N-dealkylation sites (tertiary alicyclic amines) is 1. The van der Waals surface area contributed by atoms with Crippen molar-refractivity contribution in [2.24, 2.45) is 13.0 Å². The van der Waals surface area contributed by atoms with Gasteiger partial charge in [0.15, 0.2) is 0 Å². The number of urea groups is 1. The number of hydrogen-bond acceptors (Lipinski definition) is 5. The molecule has 8 nitrogen and oxygen atoms in total. The maximum Gasteiger partial charge on any atom is 0.323 e. The van der Waals surface area contributed by atoms with Crippen LogP contribution >= 0.6 is 11.6 Å². The van der Waals surface area contributed by atoms with Crippen LogP contribution in [0.25, 0.3) is 11.3 Å². The van der Waals surface area contributed by atoms with Gasteiger partial charge in [-0.25, -0.2) is 4.79 Å². The molecule has 1 saturated carbocycles. The second-order valence-corrected chi connectivity index (χ2v) is 8.84. The molecule has 0 spiro atoms. The van der Waals surface area contributed by atoms with Crippen molar-refractivity contribution in [3.8, 4) is 11.3 Å². The van der Waals surface area contributed by atoms with Gasteiger partial charge in [-0.3, -0.25) is 4.68 Å². The Labute approximate surface area is 179 Å². The molecule has 1 aliphatic heterocycles. The molecule has 2 bridgehead atoms. The zero-order valence-electron chi connectivity index (χ0n) is 17.1. The molecular weight excluding hydrogens is 404 g/mol. The van der Waals surface area contributed by atoms with Gasteiger partial charge in [-0.1, -0.05) is 18.5 Å². The van der Waals surface area contributed by atoms with Crippen molar-refractivity contribution >= 4 is 23.3 Å². The monoisotopic (exact) mass is 426 g/mol. The molecule has 1 aromatic carbocycles. The van der Waals surface area contributed by atoms with Gasteiger partial charge in [-0.2, -0.15) is 5.10 Å². The second-order valence-electron chi connectivity index (χ2n) is 8.43. The Hall–Kier alpha value is -2.87. The Morgan fingerprint density at radius 3 is 2.83 bits per heavy atom. The van der Waals surface area contributed by atoms with Gasteiger partial charge in [0.2, 0.25) is 11.8 Å². The van der Waals surface area contributed by atoms with Crippen molar-refractivity contribution in [3.05, 3.63) is 47.3 Å². The van der Waals surface area contributed by atoms with Crippen molar-refractivity contribution in [1.82, 2.24) is 24.9 Å². The minimum atomic E-state index is -0.524. The van der Waals surface area contributed by atoms with Crippen LogP contribution in [-0.2, 0) is 12.6 Å². The first-order valence-electron chi connectivity index (χ1n) is 10.1. The molecule has 0 radical (unpaired) electrons. The summed E-state index contributed by atoms with van der Waals surface area (Å²) in [4.78, 5) is 15.2. The van der Waals surface area contributed by atoms with Gasteiger partial charge >= 0.3 is 6.03 Å². The molecule has 1 aliphatic carbocycles. The van der Waals surface area contributed by atoms with Gasteiger partial charge in [0.05, 0.1) is 10.7 Å². The first-order valence-corrected chi connectivity index (χ1v) is 10.4. The number of benzene rings is 1. The standard InChI is InChI=1S/C21H23ClN6O2/c1-12-8-15-11-21(10-12,19-25-24-13(2)30-19)28(15)20(29)23-14-4-5-17(22)16(9-14)18-6-7-27(3)26-18/h4-7,9,12,15H,8,10-11H2,1-3H3,(H,23,29)/t12-,15+,21?/m0/s1. The van der Waals surface area contributed by atoms with Crippen LogP contribution in [0.1, 0.15) is 38.0 Å². The number of piperidine rings is 1. The summed E-state index contributed by atoms with van der Waals surface area (Å²) in [7, 11) is 1.85. The van der Waals surface area contributed by atoms with Crippen molar-refractivity contribution in [2.75, 3.05) is 5.32 Å². The van der Waals surface area contributed by atoms with Gasteiger partial charge in [0.25, 0.3) is 0 Å². The average Bonchev–Trinajstić information content (AvgIpc) is 3.31. The second kappa shape index (κ2) is 6.84. The van der Waals surface area contributed by atoms with Gasteiger partial charge < -0.3 is 14.6 Å². The van der Waals surface area contributed by atoms with E-state index in [1.54, 1.807) is 23.7 Å². The molecule has 2 fully saturated rings. The SMILES string of the molecule is Cc1nnc(C23C[C@@H](C)C[C@H](C2)N3C(=O)Nc2ccc(Cl)c(-c3ccn(C)n3)c2)o1. The van der Waals surface area contributed by atoms with Gasteiger partial charge in [-0.15, -0.1) is 10.2 Å². The first kappa shape index (κ1) is 19.1. The fourth-order valence-corrected chi connectivity index (χ4v) is 5.19. The van der Waals surface area contributed by atoms with Crippen LogP contribution in [0.4, 0.5) is 10.5 Å². The highest BCUT2D eigenvalue weighted by Gasteiger charge is 2.62. The number of fused-ring (bicyclic) bond motifs is 2. The van der Waals surface area contributed by atoms with Crippen LogP contribution in [0.2, 0.25) is 5.02 Å². The molecule has 5 rings (SSSR count). The summed E-state index contributed by atoms with van der Waals surface area (Å²) >= 11 is 6.38. The van der Waals surface area contributed by atoms with Crippen LogP contribution in [0.3, 0.4) is 0 Å². The van der Waals surface area contributed by atoms with E-state index in [0.717, 1.165) is 30.5 Å². The highest BCUT2D eigenvalue weighted by molar-refractivity contribution is 6.33. The van der Waals surface area contributed by atoms with Crippen molar-refractivity contribution < 1.29 is 9.21 Å². The summed E-state index contributed by atoms with van der Waals surface area (Å²) in [5.74, 6) is 1.54. The molecule has 3 atom stereocenters. The van der Waals surface area contributed by atoms with E-state index in [2.05, 4.69) is 27.5 Å². The third-order valence-corrected chi connectivity index (χ3v) is 6.44. The molecule has 1 unspecified atom stereocenters. The summed E-state index contributed by atoms with van der Waals surface area (Å²) in [6, 6.07) is 7.32. The van der Waals surface area contributed by atoms with Gasteiger partial charge in [-0.05, 0) is 43.0 Å². The third kappa shape index (κ3) is 2.98. The Morgan fingerprint density at radius 1 is 1.30 bits per heavy atom. The summed E-state index contributed by atoms with van der Waals surface area (Å²) in [5.41, 5.74) is 1.67. The number of rotatable bonds is 3. The lowest BCUT2D eigenvalue weighted by Gasteiger charge is -2.61. The van der Waals surface area contributed by atoms with E-state index in [-0.39, 0.29) is 12.1 Å². The molecular formula is C21H23ClN6O2. The number of carbonyl (C=O) groups excluding carboxylic acids is 1. The normalized spacial score (nSPS) is 25.1. The number of anilines is 1. The maximum absolute atomic E-state index is 13.3. The number of hydrogen-bond donors (Lipinski definition) is 1. The summed E-state index contributed by atoms with van der Waals surface area (Å²) in [5, 5.41) is 16.3. The van der Waals surface area contributed by atoms with Gasteiger partial charge in [0.1, 0.15) is 5.54 Å². The maximum atomic E-state index is 13.3. The van der Waals surface area contributed by atoms with E-state index < -0.39 is 5.54 Å². The highest BCUT2D eigenvalue weighted by Crippen LogP contribution is 2.55. The Kier molecular flexibility index (Phi) is 4.36.